The third-order valence-electron chi connectivity index (χ3n) is 3.18. The maximum absolute atomic E-state index is 11.8. The van der Waals surface area contributed by atoms with Crippen LogP contribution in [0.5, 0.6) is 0 Å². The molecule has 1 unspecified atom stereocenters. The highest BCUT2D eigenvalue weighted by atomic mass is 35.7. The van der Waals surface area contributed by atoms with Gasteiger partial charge in [-0.2, -0.15) is 0 Å². The number of hydrogen-bond acceptors (Lipinski definition) is 5. The van der Waals surface area contributed by atoms with Crippen molar-refractivity contribution in [3.63, 3.8) is 0 Å². The molecule has 0 radical (unpaired) electrons. The number of benzene rings is 1. The highest BCUT2D eigenvalue weighted by Gasteiger charge is 2.38. The smallest absolute Gasteiger partial charge is 0.272 e. The van der Waals surface area contributed by atoms with Gasteiger partial charge in [0.2, 0.25) is 15.0 Å². The van der Waals surface area contributed by atoms with Gasteiger partial charge >= 0.3 is 0 Å². The summed E-state index contributed by atoms with van der Waals surface area (Å²) in [6.07, 6.45) is -0.179. The molecule has 1 saturated heterocycles. The van der Waals surface area contributed by atoms with E-state index in [1.807, 2.05) is 0 Å². The molecule has 1 aromatic carbocycles. The van der Waals surface area contributed by atoms with Gasteiger partial charge in [0.15, 0.2) is 0 Å². The summed E-state index contributed by atoms with van der Waals surface area (Å²) in [5.41, 5.74) is 0.778. The molecule has 0 saturated carbocycles. The number of carbonyl (C=O) groups is 1. The topological polar surface area (TPSA) is 97.6 Å². The molecule has 1 amide bonds. The van der Waals surface area contributed by atoms with Crippen LogP contribution in [-0.2, 0) is 13.8 Å². The Labute approximate surface area is 119 Å². The van der Waals surface area contributed by atoms with Crippen LogP contribution in [0.15, 0.2) is 18.2 Å². The maximum Gasteiger partial charge on any atom is 0.272 e. The summed E-state index contributed by atoms with van der Waals surface area (Å²) in [5, 5.41) is 9.78. The lowest BCUT2D eigenvalue weighted by Gasteiger charge is -2.16. The molecular formula is C11H11ClN2O5S. The standard InChI is InChI=1S/C11H11ClN2O5S/c1-7-4-8(2-3-10(7)14(16)17)13-6-9(5-11(13)15)20(12,18)19/h2-4,9H,5-6H2,1H3. The van der Waals surface area contributed by atoms with Crippen molar-refractivity contribution in [2.75, 3.05) is 11.4 Å². The summed E-state index contributed by atoms with van der Waals surface area (Å²) in [6.45, 7) is 1.51. The third kappa shape index (κ3) is 2.75. The first-order valence-corrected chi connectivity index (χ1v) is 8.06. The predicted octanol–water partition coefficient (Wildman–Crippen LogP) is 1.58. The van der Waals surface area contributed by atoms with Crippen LogP contribution in [0.2, 0.25) is 0 Å². The van der Waals surface area contributed by atoms with E-state index < -0.39 is 19.2 Å². The minimum atomic E-state index is -3.81. The number of rotatable bonds is 3. The van der Waals surface area contributed by atoms with E-state index in [1.54, 1.807) is 6.92 Å². The van der Waals surface area contributed by atoms with E-state index in [1.165, 1.54) is 23.1 Å². The largest absolute Gasteiger partial charge is 0.311 e. The van der Waals surface area contributed by atoms with Crippen LogP contribution in [0.4, 0.5) is 11.4 Å². The van der Waals surface area contributed by atoms with E-state index in [0.29, 0.717) is 11.3 Å². The Morgan fingerprint density at radius 3 is 2.55 bits per heavy atom. The Balaban J connectivity index is 2.31. The molecule has 108 valence electrons. The van der Waals surface area contributed by atoms with Crippen LogP contribution in [0.1, 0.15) is 12.0 Å². The molecule has 1 atom stereocenters. The van der Waals surface area contributed by atoms with E-state index in [9.17, 15) is 23.3 Å². The summed E-state index contributed by atoms with van der Waals surface area (Å²) in [4.78, 5) is 23.3. The molecule has 1 aliphatic heterocycles. The Morgan fingerprint density at radius 1 is 1.45 bits per heavy atom. The van der Waals surface area contributed by atoms with Crippen LogP contribution in [0, 0.1) is 17.0 Å². The normalized spacial score (nSPS) is 19.4. The molecule has 2 rings (SSSR count). The minimum absolute atomic E-state index is 0.0398. The number of anilines is 1. The molecule has 0 bridgehead atoms. The van der Waals surface area contributed by atoms with Crippen molar-refractivity contribution >= 4 is 37.0 Å². The zero-order chi connectivity index (χ0) is 15.1. The molecule has 1 aliphatic rings. The van der Waals surface area contributed by atoms with Gasteiger partial charge in [0.1, 0.15) is 5.25 Å². The lowest BCUT2D eigenvalue weighted by Crippen LogP contribution is -2.26. The molecule has 1 aromatic rings. The number of amides is 1. The zero-order valence-electron chi connectivity index (χ0n) is 10.4. The molecular weight excluding hydrogens is 308 g/mol. The summed E-state index contributed by atoms with van der Waals surface area (Å²) < 4.78 is 22.5. The number of nitro groups is 1. The van der Waals surface area contributed by atoms with Gasteiger partial charge in [-0.05, 0) is 19.1 Å². The average molecular weight is 319 g/mol. The zero-order valence-corrected chi connectivity index (χ0v) is 12.0. The Kier molecular flexibility index (Phi) is 3.70. The van der Waals surface area contributed by atoms with Crippen molar-refractivity contribution in [3.05, 3.63) is 33.9 Å². The highest BCUT2D eigenvalue weighted by Crippen LogP contribution is 2.29. The van der Waals surface area contributed by atoms with E-state index >= 15 is 0 Å². The van der Waals surface area contributed by atoms with Crippen LogP contribution < -0.4 is 4.90 Å². The molecule has 0 N–H and O–H groups in total. The van der Waals surface area contributed by atoms with Crippen molar-refractivity contribution in [1.29, 1.82) is 0 Å². The fourth-order valence-corrected chi connectivity index (χ4v) is 3.15. The van der Waals surface area contributed by atoms with Gasteiger partial charge in [-0.3, -0.25) is 14.9 Å². The molecule has 0 aromatic heterocycles. The quantitative estimate of drug-likeness (QED) is 0.478. The summed E-state index contributed by atoms with van der Waals surface area (Å²) >= 11 is 0. The van der Waals surface area contributed by atoms with Crippen molar-refractivity contribution < 1.29 is 18.1 Å². The molecule has 0 spiro atoms. The fourth-order valence-electron chi connectivity index (χ4n) is 2.13. The van der Waals surface area contributed by atoms with Gasteiger partial charge in [-0.15, -0.1) is 0 Å². The summed E-state index contributed by atoms with van der Waals surface area (Å²) in [6, 6.07) is 4.20. The highest BCUT2D eigenvalue weighted by molar-refractivity contribution is 8.14. The SMILES string of the molecule is Cc1cc(N2CC(S(=O)(=O)Cl)CC2=O)ccc1[N+](=O)[O-]. The number of nitro benzene ring substituents is 1. The first-order valence-electron chi connectivity index (χ1n) is 5.69. The van der Waals surface area contributed by atoms with E-state index in [2.05, 4.69) is 0 Å². The second-order valence-corrected chi connectivity index (χ2v) is 7.44. The van der Waals surface area contributed by atoms with Crippen molar-refractivity contribution in [2.24, 2.45) is 0 Å². The lowest BCUT2D eigenvalue weighted by molar-refractivity contribution is -0.385. The molecule has 20 heavy (non-hydrogen) atoms. The van der Waals surface area contributed by atoms with Gasteiger partial charge in [0.05, 0.1) is 4.92 Å². The summed E-state index contributed by atoms with van der Waals surface area (Å²) in [5.74, 6) is -0.368. The van der Waals surface area contributed by atoms with Crippen molar-refractivity contribution in [3.8, 4) is 0 Å². The average Bonchev–Trinajstić information content (AvgIpc) is 2.70. The fraction of sp³-hybridized carbons (Fsp3) is 0.364. The Morgan fingerprint density at radius 2 is 2.10 bits per heavy atom. The van der Waals surface area contributed by atoms with Gasteiger partial charge in [0.25, 0.3) is 5.69 Å². The molecule has 1 heterocycles. The van der Waals surface area contributed by atoms with Crippen molar-refractivity contribution in [1.82, 2.24) is 0 Å². The van der Waals surface area contributed by atoms with Crippen LogP contribution >= 0.6 is 10.7 Å². The number of hydrogen-bond donors (Lipinski definition) is 0. The summed E-state index contributed by atoms with van der Waals surface area (Å²) in [7, 11) is 1.45. The van der Waals surface area contributed by atoms with Crippen molar-refractivity contribution in [2.45, 2.75) is 18.6 Å². The number of carbonyl (C=O) groups excluding carboxylic acids is 1. The second kappa shape index (κ2) is 5.02. The van der Waals surface area contributed by atoms with Crippen LogP contribution in [-0.4, -0.2) is 31.0 Å². The lowest BCUT2D eigenvalue weighted by atomic mass is 10.1. The molecule has 9 heteroatoms. The third-order valence-corrected chi connectivity index (χ3v) is 5.04. The van der Waals surface area contributed by atoms with Gasteiger partial charge in [-0.1, -0.05) is 0 Å². The van der Waals surface area contributed by atoms with E-state index in [0.717, 1.165) is 0 Å². The monoisotopic (exact) mass is 318 g/mol. The minimum Gasteiger partial charge on any atom is -0.311 e. The molecule has 7 nitrogen and oxygen atoms in total. The number of nitrogens with zero attached hydrogens (tertiary/aromatic N) is 2. The maximum atomic E-state index is 11.8. The van der Waals surface area contributed by atoms with E-state index in [-0.39, 0.29) is 24.6 Å². The first-order chi connectivity index (χ1) is 9.20. The Hall–Kier alpha value is -1.67. The van der Waals surface area contributed by atoms with Gasteiger partial charge < -0.3 is 4.90 Å². The second-order valence-electron chi connectivity index (χ2n) is 4.53. The predicted molar refractivity (Wildman–Crippen MR) is 73.4 cm³/mol. The number of aryl methyl sites for hydroxylation is 1. The van der Waals surface area contributed by atoms with Gasteiger partial charge in [-0.25, -0.2) is 8.42 Å². The molecule has 0 aliphatic carbocycles. The van der Waals surface area contributed by atoms with E-state index in [4.69, 9.17) is 10.7 Å². The molecule has 1 fully saturated rings. The Bertz CT molecular complexity index is 688. The van der Waals surface area contributed by atoms with Crippen LogP contribution in [0.25, 0.3) is 0 Å². The van der Waals surface area contributed by atoms with Gasteiger partial charge in [0, 0.05) is 41.0 Å². The number of halogens is 1. The first kappa shape index (κ1) is 14.7. The van der Waals surface area contributed by atoms with Crippen LogP contribution in [0.3, 0.4) is 0 Å².